The van der Waals surface area contributed by atoms with E-state index in [1.54, 1.807) is 0 Å². The Balaban J connectivity index is 0.000000280. The Bertz CT molecular complexity index is 375. The highest BCUT2D eigenvalue weighted by atomic mass is 35.7. The third kappa shape index (κ3) is 7.07. The molecule has 100 valence electrons. The van der Waals surface area contributed by atoms with E-state index in [0.717, 1.165) is 0 Å². The maximum atomic E-state index is 8.49. The van der Waals surface area contributed by atoms with Crippen molar-refractivity contribution in [3.63, 3.8) is 0 Å². The van der Waals surface area contributed by atoms with Crippen LogP contribution in [0, 0.1) is 10.2 Å². The molecule has 0 aromatic heterocycles. The van der Waals surface area contributed by atoms with Crippen LogP contribution in [0.2, 0.25) is 0 Å². The fourth-order valence-electron chi connectivity index (χ4n) is 1.89. The first-order valence-corrected chi connectivity index (χ1v) is 9.45. The van der Waals surface area contributed by atoms with Crippen LogP contribution in [0.15, 0.2) is 42.5 Å². The lowest BCUT2D eigenvalue weighted by Crippen LogP contribution is -2.68. The van der Waals surface area contributed by atoms with Crippen molar-refractivity contribution in [2.45, 2.75) is 6.16 Å². The first-order chi connectivity index (χ1) is 8.29. The van der Waals surface area contributed by atoms with Crippen LogP contribution >= 0.6 is 7.26 Å². The summed E-state index contributed by atoms with van der Waals surface area (Å²) in [7, 11) is -5.60. The summed E-state index contributed by atoms with van der Waals surface area (Å²) in [6.45, 7) is 2.49. The SMILES string of the molecule is C[P+]1(Cc2ccccc2)CC=CC1.[O-][Cl+3]([O-])([O-])[O-]. The third-order valence-electron chi connectivity index (χ3n) is 2.67. The van der Waals surface area contributed by atoms with Gasteiger partial charge in [0, 0.05) is 13.9 Å². The predicted octanol–water partition coefficient (Wildman–Crippen LogP) is -1.35. The molecule has 1 aliphatic heterocycles. The summed E-state index contributed by atoms with van der Waals surface area (Å²) in [6.07, 6.45) is 8.73. The summed E-state index contributed by atoms with van der Waals surface area (Å²) in [5.41, 5.74) is 1.52. The summed E-state index contributed by atoms with van der Waals surface area (Å²) in [5.74, 6) is 0. The quantitative estimate of drug-likeness (QED) is 0.497. The maximum absolute atomic E-state index is 8.49. The first-order valence-electron chi connectivity index (χ1n) is 5.43. The Morgan fingerprint density at radius 2 is 1.44 bits per heavy atom. The molecule has 0 N–H and O–H groups in total. The Morgan fingerprint density at radius 3 is 1.89 bits per heavy atom. The van der Waals surface area contributed by atoms with E-state index >= 15 is 0 Å². The van der Waals surface area contributed by atoms with Crippen LogP contribution in [-0.2, 0) is 6.16 Å². The zero-order valence-electron chi connectivity index (χ0n) is 10.1. The van der Waals surface area contributed by atoms with Gasteiger partial charge in [-0.05, 0) is 17.7 Å². The van der Waals surface area contributed by atoms with Gasteiger partial charge in [0.15, 0.2) is 0 Å². The van der Waals surface area contributed by atoms with Crippen molar-refractivity contribution in [2.75, 3.05) is 19.0 Å². The fourth-order valence-corrected chi connectivity index (χ4v) is 4.70. The molecule has 0 saturated heterocycles. The largest absolute Gasteiger partial charge is 0.222 e. The number of allylic oxidation sites excluding steroid dienone is 2. The highest BCUT2D eigenvalue weighted by molar-refractivity contribution is 7.75. The van der Waals surface area contributed by atoms with Crippen LogP contribution in [0.1, 0.15) is 5.56 Å². The van der Waals surface area contributed by atoms with Crippen molar-refractivity contribution in [2.24, 2.45) is 0 Å². The number of rotatable bonds is 2. The van der Waals surface area contributed by atoms with Crippen LogP contribution in [0.3, 0.4) is 0 Å². The first kappa shape index (κ1) is 15.6. The van der Waals surface area contributed by atoms with E-state index in [-0.39, 0.29) is 0 Å². The Hall–Kier alpha value is -0.480. The van der Waals surface area contributed by atoms with Crippen LogP contribution in [0.4, 0.5) is 0 Å². The Kier molecular flexibility index (Phi) is 5.73. The van der Waals surface area contributed by atoms with Crippen LogP contribution in [-0.4, -0.2) is 19.0 Å². The van der Waals surface area contributed by atoms with Gasteiger partial charge in [0.2, 0.25) is 0 Å². The van der Waals surface area contributed by atoms with E-state index in [4.69, 9.17) is 18.6 Å². The lowest BCUT2D eigenvalue weighted by Gasteiger charge is -2.17. The normalized spacial score (nSPS) is 17.2. The molecule has 1 aliphatic rings. The summed E-state index contributed by atoms with van der Waals surface area (Å²) in [4.78, 5) is 0. The van der Waals surface area contributed by atoms with Crippen molar-refractivity contribution >= 4 is 7.26 Å². The van der Waals surface area contributed by atoms with E-state index in [9.17, 15) is 0 Å². The molecule has 1 aromatic carbocycles. The second kappa shape index (κ2) is 6.62. The standard InChI is InChI=1S/C12H16P.ClHO4/c1-13(9-5-6-10-13)11-12-7-3-2-4-8-12;2-1(3,4)5/h2-8H,9-11H2,1H3;(H,2,3,4,5)/q+1;/p-1. The molecule has 4 nitrogen and oxygen atoms in total. The van der Waals surface area contributed by atoms with Crippen LogP contribution in [0.5, 0.6) is 0 Å². The lowest BCUT2D eigenvalue weighted by atomic mass is 10.2. The molecular formula is C12H16ClO4P. The zero-order valence-corrected chi connectivity index (χ0v) is 11.8. The van der Waals surface area contributed by atoms with Crippen molar-refractivity contribution in [3.8, 4) is 0 Å². The molecule has 0 aliphatic carbocycles. The van der Waals surface area contributed by atoms with Crippen molar-refractivity contribution < 1.29 is 28.9 Å². The van der Waals surface area contributed by atoms with E-state index in [0.29, 0.717) is 0 Å². The van der Waals surface area contributed by atoms with E-state index < -0.39 is 17.5 Å². The molecule has 0 fully saturated rings. The number of hydrogen-bond acceptors (Lipinski definition) is 4. The maximum Gasteiger partial charge on any atom is 0.0846 e. The minimum absolute atomic E-state index is 0.653. The van der Waals surface area contributed by atoms with Crippen molar-refractivity contribution in [3.05, 3.63) is 48.0 Å². The van der Waals surface area contributed by atoms with Gasteiger partial charge in [-0.15, -0.1) is 10.2 Å². The molecular weight excluding hydrogens is 275 g/mol. The van der Waals surface area contributed by atoms with Gasteiger partial charge in [0.05, 0.1) is 18.5 Å². The number of hydrogen-bond donors (Lipinski definition) is 0. The molecule has 1 aromatic rings. The molecule has 0 spiro atoms. The second-order valence-corrected chi connectivity index (χ2v) is 9.52. The molecule has 0 atom stereocenters. The van der Waals surface area contributed by atoms with Gasteiger partial charge in [-0.3, -0.25) is 0 Å². The van der Waals surface area contributed by atoms with E-state index in [1.165, 1.54) is 24.0 Å². The minimum Gasteiger partial charge on any atom is -0.222 e. The summed E-state index contributed by atoms with van der Waals surface area (Å²) >= 11 is 0. The van der Waals surface area contributed by atoms with Gasteiger partial charge in [0.1, 0.15) is 0 Å². The highest BCUT2D eigenvalue weighted by Gasteiger charge is 2.32. The molecule has 18 heavy (non-hydrogen) atoms. The Morgan fingerprint density at radius 1 is 1.00 bits per heavy atom. The van der Waals surface area contributed by atoms with Crippen LogP contribution in [0.25, 0.3) is 0 Å². The van der Waals surface area contributed by atoms with Crippen molar-refractivity contribution in [1.29, 1.82) is 0 Å². The van der Waals surface area contributed by atoms with Gasteiger partial charge in [-0.1, -0.05) is 30.3 Å². The van der Waals surface area contributed by atoms with Crippen molar-refractivity contribution in [1.82, 2.24) is 0 Å². The smallest absolute Gasteiger partial charge is 0.0846 e. The second-order valence-electron chi connectivity index (χ2n) is 4.48. The molecule has 0 radical (unpaired) electrons. The average Bonchev–Trinajstić information content (AvgIpc) is 2.64. The van der Waals surface area contributed by atoms with Gasteiger partial charge in [-0.2, -0.15) is 0 Å². The summed E-state index contributed by atoms with van der Waals surface area (Å²) in [5, 5.41) is 0. The van der Waals surface area contributed by atoms with Gasteiger partial charge >= 0.3 is 0 Å². The monoisotopic (exact) mass is 290 g/mol. The predicted molar refractivity (Wildman–Crippen MR) is 61.9 cm³/mol. The number of benzene rings is 1. The molecule has 2 rings (SSSR count). The molecule has 0 unspecified atom stereocenters. The molecule has 0 bridgehead atoms. The lowest BCUT2D eigenvalue weighted by molar-refractivity contribution is -2.00. The molecule has 1 heterocycles. The zero-order chi connectivity index (χ0) is 13.6. The summed E-state index contributed by atoms with van der Waals surface area (Å²) < 4.78 is 34.0. The Labute approximate surface area is 110 Å². The van der Waals surface area contributed by atoms with Gasteiger partial charge in [0.25, 0.3) is 0 Å². The number of halogens is 1. The summed E-state index contributed by atoms with van der Waals surface area (Å²) in [6, 6.07) is 10.9. The van der Waals surface area contributed by atoms with Gasteiger partial charge in [-0.25, -0.2) is 18.6 Å². The van der Waals surface area contributed by atoms with E-state index in [1.807, 2.05) is 0 Å². The minimum atomic E-state index is -4.94. The topological polar surface area (TPSA) is 92.2 Å². The van der Waals surface area contributed by atoms with Gasteiger partial charge < -0.3 is 0 Å². The fraction of sp³-hybridized carbons (Fsp3) is 0.333. The van der Waals surface area contributed by atoms with Crippen LogP contribution < -0.4 is 18.6 Å². The molecule has 6 heteroatoms. The highest BCUT2D eigenvalue weighted by Crippen LogP contribution is 2.60. The third-order valence-corrected chi connectivity index (χ3v) is 5.98. The molecule has 0 saturated carbocycles. The average molecular weight is 291 g/mol. The van der Waals surface area contributed by atoms with E-state index in [2.05, 4.69) is 49.1 Å². The molecule has 0 amide bonds.